The molecule has 29 heavy (non-hydrogen) atoms. The van der Waals surface area contributed by atoms with Crippen LogP contribution < -0.4 is 9.62 Å². The van der Waals surface area contributed by atoms with Crippen molar-refractivity contribution in [3.8, 4) is 0 Å². The molecule has 3 aromatic rings. The molecule has 0 aliphatic carbocycles. The van der Waals surface area contributed by atoms with Crippen LogP contribution >= 0.6 is 11.6 Å². The molecule has 0 unspecified atom stereocenters. The molecule has 3 rings (SSSR count). The predicted octanol–water partition coefficient (Wildman–Crippen LogP) is 3.85. The molecule has 0 aliphatic rings. The molecular weight excluding hydrogens is 424 g/mol. The summed E-state index contributed by atoms with van der Waals surface area (Å²) in [7, 11) is -4.17. The average molecular weight is 438 g/mol. The van der Waals surface area contributed by atoms with E-state index in [4.69, 9.17) is 11.6 Å². The van der Waals surface area contributed by atoms with Crippen LogP contribution in [0, 0.1) is 11.6 Å². The van der Waals surface area contributed by atoms with Crippen molar-refractivity contribution in [1.29, 1.82) is 0 Å². The van der Waals surface area contributed by atoms with E-state index < -0.39 is 34.1 Å². The van der Waals surface area contributed by atoms with E-state index in [1.165, 1.54) is 42.6 Å². The molecule has 150 valence electrons. The first-order valence-corrected chi connectivity index (χ1v) is 10.0. The van der Waals surface area contributed by atoms with E-state index in [2.05, 4.69) is 10.3 Å². The predicted molar refractivity (Wildman–Crippen MR) is 105 cm³/mol. The fourth-order valence-corrected chi connectivity index (χ4v) is 4.02. The summed E-state index contributed by atoms with van der Waals surface area (Å²) < 4.78 is 53.5. The minimum absolute atomic E-state index is 0.0857. The van der Waals surface area contributed by atoms with E-state index in [1.54, 1.807) is 0 Å². The molecule has 1 N–H and O–H groups in total. The Balaban J connectivity index is 1.92. The molecule has 0 spiro atoms. The smallest absolute Gasteiger partial charge is 0.266 e. The second kappa shape index (κ2) is 8.54. The van der Waals surface area contributed by atoms with Crippen LogP contribution in [0.3, 0.4) is 0 Å². The van der Waals surface area contributed by atoms with E-state index in [0.717, 1.165) is 28.7 Å². The quantitative estimate of drug-likeness (QED) is 0.635. The molecule has 1 aromatic heterocycles. The summed E-state index contributed by atoms with van der Waals surface area (Å²) in [5.74, 6) is -1.92. The van der Waals surface area contributed by atoms with Crippen molar-refractivity contribution in [1.82, 2.24) is 4.98 Å². The van der Waals surface area contributed by atoms with Gasteiger partial charge in [0.15, 0.2) is 0 Å². The summed E-state index contributed by atoms with van der Waals surface area (Å²) in [4.78, 5) is 16.1. The van der Waals surface area contributed by atoms with Crippen LogP contribution in [-0.2, 0) is 14.8 Å². The van der Waals surface area contributed by atoms with Gasteiger partial charge in [0.05, 0.1) is 10.7 Å². The van der Waals surface area contributed by atoms with Crippen molar-refractivity contribution >= 4 is 38.9 Å². The molecule has 0 atom stereocenters. The van der Waals surface area contributed by atoms with Gasteiger partial charge in [-0.1, -0.05) is 11.6 Å². The summed E-state index contributed by atoms with van der Waals surface area (Å²) in [6.07, 6.45) is 2.55. The summed E-state index contributed by atoms with van der Waals surface area (Å²) in [6.45, 7) is -0.613. The van der Waals surface area contributed by atoms with Crippen molar-refractivity contribution in [2.45, 2.75) is 4.90 Å². The van der Waals surface area contributed by atoms with Gasteiger partial charge in [-0.3, -0.25) is 14.1 Å². The number of pyridine rings is 1. The minimum atomic E-state index is -4.17. The molecule has 0 fully saturated rings. The molecule has 1 amide bonds. The maximum absolute atomic E-state index is 13.3. The van der Waals surface area contributed by atoms with E-state index in [9.17, 15) is 22.0 Å². The van der Waals surface area contributed by atoms with Gasteiger partial charge < -0.3 is 5.32 Å². The maximum atomic E-state index is 13.3. The van der Waals surface area contributed by atoms with Gasteiger partial charge in [-0.2, -0.15) is 0 Å². The van der Waals surface area contributed by atoms with E-state index >= 15 is 0 Å². The largest absolute Gasteiger partial charge is 0.324 e. The van der Waals surface area contributed by atoms with Gasteiger partial charge in [-0.15, -0.1) is 0 Å². The Kier molecular flexibility index (Phi) is 6.09. The Morgan fingerprint density at radius 2 is 1.83 bits per heavy atom. The lowest BCUT2D eigenvalue weighted by molar-refractivity contribution is -0.114. The van der Waals surface area contributed by atoms with Crippen LogP contribution in [0.1, 0.15) is 0 Å². The minimum Gasteiger partial charge on any atom is -0.324 e. The van der Waals surface area contributed by atoms with Crippen LogP contribution in [0.15, 0.2) is 71.9 Å². The van der Waals surface area contributed by atoms with Gasteiger partial charge >= 0.3 is 0 Å². The van der Waals surface area contributed by atoms with Gasteiger partial charge in [0.2, 0.25) is 5.91 Å². The molecule has 6 nitrogen and oxygen atoms in total. The molecule has 1 heterocycles. The third-order valence-corrected chi connectivity index (χ3v) is 5.87. The molecule has 0 saturated heterocycles. The summed E-state index contributed by atoms with van der Waals surface area (Å²) in [5, 5.41) is 2.27. The highest BCUT2D eigenvalue weighted by Crippen LogP contribution is 2.24. The number of carbonyl (C=O) groups is 1. The molecule has 2 aromatic carbocycles. The Morgan fingerprint density at radius 3 is 2.45 bits per heavy atom. The van der Waals surface area contributed by atoms with Gasteiger partial charge in [-0.25, -0.2) is 17.2 Å². The first kappa shape index (κ1) is 20.7. The number of carbonyl (C=O) groups excluding carboxylic acids is 1. The SMILES string of the molecule is O=C(CN(c1ccc(F)cc1)S(=O)(=O)c1cccnc1)Nc1ccc(F)c(Cl)c1. The molecule has 0 bridgehead atoms. The molecule has 0 radical (unpaired) electrons. The second-order valence-electron chi connectivity index (χ2n) is 5.85. The Hall–Kier alpha value is -3.04. The topological polar surface area (TPSA) is 79.4 Å². The third-order valence-electron chi connectivity index (χ3n) is 3.83. The number of halogens is 3. The first-order chi connectivity index (χ1) is 13.8. The Morgan fingerprint density at radius 1 is 1.10 bits per heavy atom. The second-order valence-corrected chi connectivity index (χ2v) is 8.12. The lowest BCUT2D eigenvalue weighted by Gasteiger charge is -2.24. The molecular formula is C19H14ClF2N3O3S. The number of aromatic nitrogens is 1. The maximum Gasteiger partial charge on any atom is 0.266 e. The fraction of sp³-hybridized carbons (Fsp3) is 0.0526. The van der Waals surface area contributed by atoms with E-state index in [0.29, 0.717) is 0 Å². The number of benzene rings is 2. The number of amides is 1. The monoisotopic (exact) mass is 437 g/mol. The number of rotatable bonds is 6. The van der Waals surface area contributed by atoms with Crippen LogP contribution in [-0.4, -0.2) is 25.9 Å². The zero-order chi connectivity index (χ0) is 21.0. The standard InChI is InChI=1S/C19H14ClF2N3O3S/c20-17-10-14(5-8-18(17)22)24-19(26)12-25(15-6-3-13(21)4-7-15)29(27,28)16-2-1-9-23-11-16/h1-11H,12H2,(H,24,26). The van der Waals surface area contributed by atoms with E-state index in [1.807, 2.05) is 0 Å². The van der Waals surface area contributed by atoms with Gasteiger partial charge in [0, 0.05) is 18.1 Å². The zero-order valence-electron chi connectivity index (χ0n) is 14.7. The first-order valence-electron chi connectivity index (χ1n) is 8.20. The number of nitrogens with zero attached hydrogens (tertiary/aromatic N) is 2. The van der Waals surface area contributed by atoms with Crippen molar-refractivity contribution < 1.29 is 22.0 Å². The summed E-state index contributed by atoms with van der Waals surface area (Å²) in [5.41, 5.74) is 0.279. The molecule has 0 aliphatic heterocycles. The van der Waals surface area contributed by atoms with Crippen molar-refractivity contribution in [2.75, 3.05) is 16.2 Å². The van der Waals surface area contributed by atoms with Crippen molar-refractivity contribution in [3.05, 3.63) is 83.6 Å². The third kappa shape index (κ3) is 4.87. The van der Waals surface area contributed by atoms with Crippen molar-refractivity contribution in [3.63, 3.8) is 0 Å². The molecule has 0 saturated carbocycles. The Bertz CT molecular complexity index is 1130. The fourth-order valence-electron chi connectivity index (χ4n) is 2.45. The Labute approximate surface area is 170 Å². The van der Waals surface area contributed by atoms with Crippen LogP contribution in [0.2, 0.25) is 5.02 Å². The van der Waals surface area contributed by atoms with Crippen LogP contribution in [0.4, 0.5) is 20.2 Å². The number of nitrogens with one attached hydrogen (secondary N) is 1. The van der Waals surface area contributed by atoms with Gasteiger partial charge in [-0.05, 0) is 54.6 Å². The van der Waals surface area contributed by atoms with E-state index in [-0.39, 0.29) is 21.3 Å². The van der Waals surface area contributed by atoms with Crippen LogP contribution in [0.25, 0.3) is 0 Å². The normalized spacial score (nSPS) is 11.1. The lowest BCUT2D eigenvalue weighted by atomic mass is 10.3. The number of hydrogen-bond donors (Lipinski definition) is 1. The van der Waals surface area contributed by atoms with Gasteiger partial charge in [0.1, 0.15) is 23.1 Å². The number of sulfonamides is 1. The summed E-state index contributed by atoms with van der Waals surface area (Å²) in [6, 6.07) is 11.0. The highest BCUT2D eigenvalue weighted by atomic mass is 35.5. The van der Waals surface area contributed by atoms with Crippen molar-refractivity contribution in [2.24, 2.45) is 0 Å². The lowest BCUT2D eigenvalue weighted by Crippen LogP contribution is -2.38. The molecule has 10 heteroatoms. The number of anilines is 2. The average Bonchev–Trinajstić information content (AvgIpc) is 2.70. The van der Waals surface area contributed by atoms with Gasteiger partial charge in [0.25, 0.3) is 10.0 Å². The highest BCUT2D eigenvalue weighted by molar-refractivity contribution is 7.92. The summed E-state index contributed by atoms with van der Waals surface area (Å²) >= 11 is 5.69. The van der Waals surface area contributed by atoms with Crippen LogP contribution in [0.5, 0.6) is 0 Å². The number of hydrogen-bond acceptors (Lipinski definition) is 4. The highest BCUT2D eigenvalue weighted by Gasteiger charge is 2.27. The zero-order valence-corrected chi connectivity index (χ0v) is 16.3.